The number of aliphatic hydroxyl groups excluding tert-OH is 1. The number of hydrazine groups is 1. The molecule has 0 aliphatic rings. The van der Waals surface area contributed by atoms with Gasteiger partial charge in [-0.2, -0.15) is 0 Å². The standard InChI is InChI=1S/C12H26N2O3/c1-3-5-6-10(12(16)14-13)8-11(15)9-17-7-4-2/h10-11,15H,3-9,13H2,1-2H3,(H,14,16)/t10-,11+/m1/s1. The highest BCUT2D eigenvalue weighted by molar-refractivity contribution is 5.77. The molecule has 0 bridgehead atoms. The van der Waals surface area contributed by atoms with Crippen LogP contribution in [0.2, 0.25) is 0 Å². The molecule has 0 unspecified atom stereocenters. The number of aliphatic hydroxyl groups is 1. The number of amides is 1. The molecule has 17 heavy (non-hydrogen) atoms. The molecular weight excluding hydrogens is 220 g/mol. The lowest BCUT2D eigenvalue weighted by molar-refractivity contribution is -0.126. The molecule has 0 aromatic rings. The Morgan fingerprint density at radius 3 is 2.65 bits per heavy atom. The zero-order chi connectivity index (χ0) is 13.1. The summed E-state index contributed by atoms with van der Waals surface area (Å²) in [6.45, 7) is 5.00. The first-order chi connectivity index (χ1) is 8.15. The lowest BCUT2D eigenvalue weighted by Crippen LogP contribution is -2.38. The number of nitrogens with one attached hydrogen (secondary N) is 1. The molecule has 5 heteroatoms. The molecule has 0 aliphatic carbocycles. The average molecular weight is 246 g/mol. The van der Waals surface area contributed by atoms with E-state index >= 15 is 0 Å². The molecule has 1 amide bonds. The van der Waals surface area contributed by atoms with Crippen molar-refractivity contribution in [1.29, 1.82) is 0 Å². The highest BCUT2D eigenvalue weighted by Gasteiger charge is 2.20. The van der Waals surface area contributed by atoms with Crippen molar-refractivity contribution in [3.05, 3.63) is 0 Å². The Bertz CT molecular complexity index is 200. The largest absolute Gasteiger partial charge is 0.391 e. The average Bonchev–Trinajstić information content (AvgIpc) is 2.33. The van der Waals surface area contributed by atoms with Gasteiger partial charge in [-0.1, -0.05) is 26.7 Å². The van der Waals surface area contributed by atoms with Crippen LogP contribution in [-0.2, 0) is 9.53 Å². The summed E-state index contributed by atoms with van der Waals surface area (Å²) in [4.78, 5) is 11.5. The maximum Gasteiger partial charge on any atom is 0.237 e. The number of ether oxygens (including phenoxy) is 1. The molecule has 0 spiro atoms. The predicted octanol–water partition coefficient (Wildman–Crippen LogP) is 0.960. The van der Waals surface area contributed by atoms with E-state index in [0.717, 1.165) is 25.7 Å². The molecule has 5 nitrogen and oxygen atoms in total. The van der Waals surface area contributed by atoms with E-state index in [-0.39, 0.29) is 18.4 Å². The molecular formula is C12H26N2O3. The minimum absolute atomic E-state index is 0.201. The van der Waals surface area contributed by atoms with Gasteiger partial charge in [-0.3, -0.25) is 10.2 Å². The third-order valence-corrected chi connectivity index (χ3v) is 2.63. The fourth-order valence-corrected chi connectivity index (χ4v) is 1.68. The van der Waals surface area contributed by atoms with E-state index in [2.05, 4.69) is 12.3 Å². The summed E-state index contributed by atoms with van der Waals surface area (Å²) in [6, 6.07) is 0. The number of hydrogen-bond acceptors (Lipinski definition) is 4. The van der Waals surface area contributed by atoms with Gasteiger partial charge < -0.3 is 9.84 Å². The van der Waals surface area contributed by atoms with Gasteiger partial charge in [0, 0.05) is 12.5 Å². The molecule has 0 radical (unpaired) electrons. The second-order valence-electron chi connectivity index (χ2n) is 4.31. The maximum atomic E-state index is 11.5. The van der Waals surface area contributed by atoms with Crippen LogP contribution in [0.4, 0.5) is 0 Å². The lowest BCUT2D eigenvalue weighted by Gasteiger charge is -2.18. The molecule has 4 N–H and O–H groups in total. The zero-order valence-electron chi connectivity index (χ0n) is 10.9. The van der Waals surface area contributed by atoms with E-state index in [4.69, 9.17) is 10.6 Å². The van der Waals surface area contributed by atoms with Crippen LogP contribution in [0.3, 0.4) is 0 Å². The first kappa shape index (κ1) is 16.4. The summed E-state index contributed by atoms with van der Waals surface area (Å²) in [5.41, 5.74) is 2.16. The summed E-state index contributed by atoms with van der Waals surface area (Å²) in [6.07, 6.45) is 3.48. The van der Waals surface area contributed by atoms with Crippen molar-refractivity contribution in [2.24, 2.45) is 11.8 Å². The van der Waals surface area contributed by atoms with E-state index in [0.29, 0.717) is 13.0 Å². The first-order valence-corrected chi connectivity index (χ1v) is 6.41. The molecule has 0 aliphatic heterocycles. The number of rotatable bonds is 10. The summed E-state index contributed by atoms with van der Waals surface area (Å²) >= 11 is 0. The molecule has 0 aromatic carbocycles. The molecule has 102 valence electrons. The molecule has 0 rings (SSSR count). The number of carbonyl (C=O) groups is 1. The van der Waals surface area contributed by atoms with Crippen LogP contribution in [-0.4, -0.2) is 30.3 Å². The third-order valence-electron chi connectivity index (χ3n) is 2.63. The van der Waals surface area contributed by atoms with E-state index in [1.54, 1.807) is 0 Å². The number of carbonyl (C=O) groups excluding carboxylic acids is 1. The molecule has 0 fully saturated rings. The van der Waals surface area contributed by atoms with Crippen LogP contribution in [0.5, 0.6) is 0 Å². The topological polar surface area (TPSA) is 84.6 Å². The van der Waals surface area contributed by atoms with Crippen molar-refractivity contribution in [1.82, 2.24) is 5.43 Å². The van der Waals surface area contributed by atoms with Gasteiger partial charge in [-0.25, -0.2) is 5.84 Å². The first-order valence-electron chi connectivity index (χ1n) is 6.41. The van der Waals surface area contributed by atoms with Gasteiger partial charge in [-0.15, -0.1) is 0 Å². The van der Waals surface area contributed by atoms with Crippen LogP contribution in [0.15, 0.2) is 0 Å². The molecule has 0 saturated carbocycles. The number of nitrogens with two attached hydrogens (primary N) is 1. The monoisotopic (exact) mass is 246 g/mol. The van der Waals surface area contributed by atoms with Crippen molar-refractivity contribution < 1.29 is 14.6 Å². The van der Waals surface area contributed by atoms with E-state index in [9.17, 15) is 9.90 Å². The van der Waals surface area contributed by atoms with Crippen molar-refractivity contribution in [3.63, 3.8) is 0 Å². The second-order valence-corrected chi connectivity index (χ2v) is 4.31. The Hall–Kier alpha value is -0.650. The normalized spacial score (nSPS) is 14.4. The van der Waals surface area contributed by atoms with Crippen LogP contribution < -0.4 is 11.3 Å². The number of hydrogen-bond donors (Lipinski definition) is 3. The zero-order valence-corrected chi connectivity index (χ0v) is 10.9. The van der Waals surface area contributed by atoms with Crippen LogP contribution in [0.1, 0.15) is 46.0 Å². The third kappa shape index (κ3) is 8.12. The van der Waals surface area contributed by atoms with Crippen LogP contribution in [0, 0.1) is 5.92 Å². The fourth-order valence-electron chi connectivity index (χ4n) is 1.68. The van der Waals surface area contributed by atoms with Crippen LogP contribution >= 0.6 is 0 Å². The smallest absolute Gasteiger partial charge is 0.237 e. The summed E-state index contributed by atoms with van der Waals surface area (Å²) in [5, 5.41) is 9.74. The Balaban J connectivity index is 3.98. The quantitative estimate of drug-likeness (QED) is 0.232. The van der Waals surface area contributed by atoms with Crippen molar-refractivity contribution in [2.45, 2.75) is 52.1 Å². The SMILES string of the molecule is CCCC[C@H](C[C@H](O)COCCC)C(=O)NN. The van der Waals surface area contributed by atoms with Crippen molar-refractivity contribution >= 4 is 5.91 Å². The van der Waals surface area contributed by atoms with Gasteiger partial charge in [0.2, 0.25) is 5.91 Å². The second kappa shape index (κ2) is 10.5. The molecule has 0 aromatic heterocycles. The highest BCUT2D eigenvalue weighted by Crippen LogP contribution is 2.15. The Morgan fingerprint density at radius 1 is 1.41 bits per heavy atom. The fraction of sp³-hybridized carbons (Fsp3) is 0.917. The molecule has 0 heterocycles. The van der Waals surface area contributed by atoms with Gasteiger partial charge >= 0.3 is 0 Å². The number of unbranched alkanes of at least 4 members (excludes halogenated alkanes) is 1. The summed E-state index contributed by atoms with van der Waals surface area (Å²) in [5.74, 6) is 4.71. The summed E-state index contributed by atoms with van der Waals surface area (Å²) < 4.78 is 5.25. The Labute approximate surface area is 104 Å². The van der Waals surface area contributed by atoms with Gasteiger partial charge in [0.1, 0.15) is 0 Å². The van der Waals surface area contributed by atoms with E-state index < -0.39 is 6.10 Å². The minimum atomic E-state index is -0.597. The van der Waals surface area contributed by atoms with Gasteiger partial charge in [-0.05, 0) is 19.3 Å². The van der Waals surface area contributed by atoms with Crippen molar-refractivity contribution in [2.75, 3.05) is 13.2 Å². The maximum absolute atomic E-state index is 11.5. The van der Waals surface area contributed by atoms with Gasteiger partial charge in [0.05, 0.1) is 12.7 Å². The lowest BCUT2D eigenvalue weighted by atomic mass is 9.95. The van der Waals surface area contributed by atoms with Gasteiger partial charge in [0.25, 0.3) is 0 Å². The molecule has 2 atom stereocenters. The Morgan fingerprint density at radius 2 is 2.12 bits per heavy atom. The van der Waals surface area contributed by atoms with E-state index in [1.165, 1.54) is 0 Å². The van der Waals surface area contributed by atoms with Gasteiger partial charge in [0.15, 0.2) is 0 Å². The Kier molecular flexibility index (Phi) is 10.1. The molecule has 0 saturated heterocycles. The van der Waals surface area contributed by atoms with Crippen LogP contribution in [0.25, 0.3) is 0 Å². The minimum Gasteiger partial charge on any atom is -0.391 e. The predicted molar refractivity (Wildman–Crippen MR) is 67.1 cm³/mol. The highest BCUT2D eigenvalue weighted by atomic mass is 16.5. The van der Waals surface area contributed by atoms with Crippen molar-refractivity contribution in [3.8, 4) is 0 Å². The summed E-state index contributed by atoms with van der Waals surface area (Å²) in [7, 11) is 0. The van der Waals surface area contributed by atoms with E-state index in [1.807, 2.05) is 6.92 Å².